The van der Waals surface area contributed by atoms with Crippen molar-refractivity contribution in [3.63, 3.8) is 0 Å². The minimum atomic E-state index is -0.697. The number of carbonyl (C=O) groups is 3. The summed E-state index contributed by atoms with van der Waals surface area (Å²) in [6.45, 7) is 9.93. The van der Waals surface area contributed by atoms with E-state index in [0.717, 1.165) is 25.9 Å². The molecule has 1 amide bonds. The van der Waals surface area contributed by atoms with Crippen LogP contribution in [0.4, 0.5) is 0 Å². The van der Waals surface area contributed by atoms with Crippen molar-refractivity contribution in [3.05, 3.63) is 0 Å². The number of hydrogen-bond acceptors (Lipinski definition) is 5. The Morgan fingerprint density at radius 1 is 1.04 bits per heavy atom. The lowest BCUT2D eigenvalue weighted by atomic mass is 9.94. The van der Waals surface area contributed by atoms with Gasteiger partial charge in [-0.15, -0.1) is 0 Å². The van der Waals surface area contributed by atoms with Gasteiger partial charge in [0.05, 0.1) is 6.04 Å². The summed E-state index contributed by atoms with van der Waals surface area (Å²) in [6, 6.07) is -0.0768. The number of nitrogens with zero attached hydrogens (tertiary/aromatic N) is 2. The zero-order valence-electron chi connectivity index (χ0n) is 17.4. The van der Waals surface area contributed by atoms with E-state index in [-0.39, 0.29) is 35.7 Å². The van der Waals surface area contributed by atoms with Crippen molar-refractivity contribution < 1.29 is 14.4 Å². The highest BCUT2D eigenvalue weighted by atomic mass is 16.2. The van der Waals surface area contributed by atoms with E-state index < -0.39 is 6.04 Å². The number of amides is 1. The smallest absolute Gasteiger partial charge is 0.221 e. The van der Waals surface area contributed by atoms with Gasteiger partial charge in [0.25, 0.3) is 0 Å². The van der Waals surface area contributed by atoms with Crippen LogP contribution in [0.1, 0.15) is 53.4 Å². The van der Waals surface area contributed by atoms with Crippen molar-refractivity contribution in [2.75, 3.05) is 33.7 Å². The molecule has 0 aromatic carbocycles. The van der Waals surface area contributed by atoms with Gasteiger partial charge in [0, 0.05) is 37.3 Å². The summed E-state index contributed by atoms with van der Waals surface area (Å²) < 4.78 is 0. The lowest BCUT2D eigenvalue weighted by Gasteiger charge is -2.35. The van der Waals surface area contributed by atoms with E-state index in [1.54, 1.807) is 13.8 Å². The van der Waals surface area contributed by atoms with Crippen molar-refractivity contribution in [2.24, 2.45) is 11.8 Å². The highest BCUT2D eigenvalue weighted by Gasteiger charge is 2.27. The molecule has 150 valence electrons. The van der Waals surface area contributed by atoms with Crippen LogP contribution in [0.15, 0.2) is 0 Å². The molecular formula is C20H37N3O3. The summed E-state index contributed by atoms with van der Waals surface area (Å²) in [4.78, 5) is 41.3. The van der Waals surface area contributed by atoms with Gasteiger partial charge in [-0.25, -0.2) is 0 Å². The van der Waals surface area contributed by atoms with E-state index in [1.165, 1.54) is 0 Å². The van der Waals surface area contributed by atoms with Crippen molar-refractivity contribution in [1.29, 1.82) is 0 Å². The van der Waals surface area contributed by atoms with Crippen LogP contribution in [-0.4, -0.2) is 73.1 Å². The Hall–Kier alpha value is -1.27. The Morgan fingerprint density at radius 3 is 2.08 bits per heavy atom. The summed E-state index contributed by atoms with van der Waals surface area (Å²) in [5.74, 6) is -0.540. The van der Waals surface area contributed by atoms with Crippen LogP contribution in [0, 0.1) is 11.8 Å². The summed E-state index contributed by atoms with van der Waals surface area (Å²) >= 11 is 0. The number of carbonyl (C=O) groups excluding carboxylic acids is 3. The average molecular weight is 368 g/mol. The third-order valence-electron chi connectivity index (χ3n) is 5.24. The van der Waals surface area contributed by atoms with E-state index in [1.807, 2.05) is 13.8 Å². The monoisotopic (exact) mass is 367 g/mol. The first-order valence-corrected chi connectivity index (χ1v) is 9.86. The Balaban J connectivity index is 2.48. The van der Waals surface area contributed by atoms with E-state index >= 15 is 0 Å². The van der Waals surface area contributed by atoms with Gasteiger partial charge in [0.2, 0.25) is 5.91 Å². The van der Waals surface area contributed by atoms with E-state index in [4.69, 9.17) is 0 Å². The predicted octanol–water partition coefficient (Wildman–Crippen LogP) is 1.73. The van der Waals surface area contributed by atoms with Gasteiger partial charge in [-0.2, -0.15) is 0 Å². The van der Waals surface area contributed by atoms with Gasteiger partial charge >= 0.3 is 0 Å². The molecule has 1 N–H and O–H groups in total. The van der Waals surface area contributed by atoms with Gasteiger partial charge in [-0.1, -0.05) is 27.7 Å². The number of likely N-dealkylation sites (tertiary alicyclic amines) is 1. The molecule has 6 nitrogen and oxygen atoms in total. The van der Waals surface area contributed by atoms with Crippen LogP contribution >= 0.6 is 0 Å². The summed E-state index contributed by atoms with van der Waals surface area (Å²) in [6.07, 6.45) is 2.69. The van der Waals surface area contributed by atoms with Crippen LogP contribution in [0.25, 0.3) is 0 Å². The third kappa shape index (κ3) is 7.54. The van der Waals surface area contributed by atoms with Crippen LogP contribution in [0.3, 0.4) is 0 Å². The molecule has 0 bridgehead atoms. The molecule has 1 aliphatic rings. The summed E-state index contributed by atoms with van der Waals surface area (Å²) in [5.41, 5.74) is 0. The maximum absolute atomic E-state index is 12.4. The Kier molecular flexibility index (Phi) is 9.44. The lowest BCUT2D eigenvalue weighted by Crippen LogP contribution is -2.46. The fourth-order valence-electron chi connectivity index (χ4n) is 3.25. The van der Waals surface area contributed by atoms with Gasteiger partial charge in [-0.3, -0.25) is 14.4 Å². The molecule has 1 unspecified atom stereocenters. The topological polar surface area (TPSA) is 69.7 Å². The quantitative estimate of drug-likeness (QED) is 0.637. The average Bonchev–Trinajstić information content (AvgIpc) is 2.58. The normalized spacial score (nSPS) is 17.7. The number of rotatable bonds is 10. The molecular weight excluding hydrogens is 330 g/mol. The molecule has 0 spiro atoms. The Morgan fingerprint density at radius 2 is 1.62 bits per heavy atom. The highest BCUT2D eigenvalue weighted by Crippen LogP contribution is 2.14. The Labute approximate surface area is 158 Å². The zero-order valence-corrected chi connectivity index (χ0v) is 17.4. The molecule has 26 heavy (non-hydrogen) atoms. The second-order valence-corrected chi connectivity index (χ2v) is 8.29. The second kappa shape index (κ2) is 10.8. The molecule has 1 heterocycles. The van der Waals surface area contributed by atoms with Gasteiger partial charge in [-0.05, 0) is 40.0 Å². The van der Waals surface area contributed by atoms with Gasteiger partial charge < -0.3 is 15.1 Å². The number of Topliss-reactive ketones (excluding diaryl/α,β-unsaturated/α-hetero) is 2. The fraction of sp³-hybridized carbons (Fsp3) is 0.850. The van der Waals surface area contributed by atoms with Crippen molar-refractivity contribution in [1.82, 2.24) is 15.1 Å². The minimum absolute atomic E-state index is 0.00931. The molecule has 0 aromatic heterocycles. The van der Waals surface area contributed by atoms with E-state index in [2.05, 4.69) is 29.2 Å². The van der Waals surface area contributed by atoms with Crippen LogP contribution < -0.4 is 5.32 Å². The fourth-order valence-corrected chi connectivity index (χ4v) is 3.25. The summed E-state index contributed by atoms with van der Waals surface area (Å²) in [7, 11) is 4.22. The molecule has 0 aromatic rings. The lowest BCUT2D eigenvalue weighted by molar-refractivity contribution is -0.132. The molecule has 0 aliphatic carbocycles. The van der Waals surface area contributed by atoms with E-state index in [9.17, 15) is 14.4 Å². The number of hydrogen-bond donors (Lipinski definition) is 1. The van der Waals surface area contributed by atoms with Crippen LogP contribution in [-0.2, 0) is 14.4 Å². The molecule has 1 saturated heterocycles. The number of nitrogens with one attached hydrogen (secondary N) is 1. The summed E-state index contributed by atoms with van der Waals surface area (Å²) in [5, 5.41) is 2.81. The number of piperidine rings is 1. The van der Waals surface area contributed by atoms with Crippen LogP contribution in [0.2, 0.25) is 0 Å². The van der Waals surface area contributed by atoms with Crippen LogP contribution in [0.5, 0.6) is 0 Å². The zero-order chi connectivity index (χ0) is 19.9. The van der Waals surface area contributed by atoms with Crippen molar-refractivity contribution in [2.45, 2.75) is 65.5 Å². The number of ketones is 2. The first-order chi connectivity index (χ1) is 12.1. The SMILES string of the molecule is CC(C)C(=O)CC(NC(=O)CCN1CCC(N(C)C)CC1)C(=O)C(C)C. The van der Waals surface area contributed by atoms with Gasteiger partial charge in [0.15, 0.2) is 5.78 Å². The maximum Gasteiger partial charge on any atom is 0.221 e. The molecule has 6 heteroatoms. The van der Waals surface area contributed by atoms with Crippen molar-refractivity contribution in [3.8, 4) is 0 Å². The molecule has 1 aliphatic heterocycles. The van der Waals surface area contributed by atoms with Gasteiger partial charge in [0.1, 0.15) is 5.78 Å². The Bertz CT molecular complexity index is 481. The first-order valence-electron chi connectivity index (χ1n) is 9.86. The third-order valence-corrected chi connectivity index (χ3v) is 5.24. The van der Waals surface area contributed by atoms with Crippen molar-refractivity contribution >= 4 is 17.5 Å². The molecule has 1 rings (SSSR count). The standard InChI is InChI=1S/C20H37N3O3/c1-14(2)18(24)13-17(20(26)15(3)4)21-19(25)9-12-23-10-7-16(8-11-23)22(5)6/h14-17H,7-13H2,1-6H3,(H,21,25). The highest BCUT2D eigenvalue weighted by molar-refractivity contribution is 5.94. The molecule has 0 saturated carbocycles. The molecule has 1 atom stereocenters. The minimum Gasteiger partial charge on any atom is -0.346 e. The largest absolute Gasteiger partial charge is 0.346 e. The first kappa shape index (κ1) is 22.8. The second-order valence-electron chi connectivity index (χ2n) is 8.29. The molecule has 0 radical (unpaired) electrons. The van der Waals surface area contributed by atoms with E-state index in [0.29, 0.717) is 19.0 Å². The molecule has 1 fully saturated rings. The predicted molar refractivity (Wildman–Crippen MR) is 104 cm³/mol. The maximum atomic E-state index is 12.4.